The molecular formula is C12H20N2O3S. The molecular weight excluding hydrogens is 252 g/mol. The van der Waals surface area contributed by atoms with E-state index in [4.69, 9.17) is 4.74 Å². The quantitative estimate of drug-likeness (QED) is 0.684. The standard InChI is InChI=1S/C12H20N2O3S/c1-3-13-7-8-14-18(15,16)10-11-5-4-6-12(9-11)17-2/h4-6,9,13-14H,3,7-8,10H2,1-2H3. The number of methoxy groups -OCH3 is 1. The van der Waals surface area contributed by atoms with Crippen LogP contribution in [0.4, 0.5) is 0 Å². The first kappa shape index (κ1) is 14.9. The smallest absolute Gasteiger partial charge is 0.215 e. The minimum absolute atomic E-state index is 0.0314. The van der Waals surface area contributed by atoms with Crippen LogP contribution in [0.15, 0.2) is 24.3 Å². The van der Waals surface area contributed by atoms with E-state index in [1.165, 1.54) is 0 Å². The first-order chi connectivity index (χ1) is 8.57. The fourth-order valence-corrected chi connectivity index (χ4v) is 2.64. The van der Waals surface area contributed by atoms with Crippen LogP contribution in [0.1, 0.15) is 12.5 Å². The van der Waals surface area contributed by atoms with Gasteiger partial charge in [-0.05, 0) is 24.2 Å². The minimum atomic E-state index is -3.29. The average Bonchev–Trinajstić information content (AvgIpc) is 2.34. The lowest BCUT2D eigenvalue weighted by Crippen LogP contribution is -2.32. The van der Waals surface area contributed by atoms with Crippen molar-refractivity contribution in [3.05, 3.63) is 29.8 Å². The summed E-state index contributed by atoms with van der Waals surface area (Å²) in [6.45, 7) is 3.84. The Bertz CT molecular complexity index is 460. The fourth-order valence-electron chi connectivity index (χ4n) is 1.50. The third kappa shape index (κ3) is 5.48. The van der Waals surface area contributed by atoms with Crippen molar-refractivity contribution >= 4 is 10.0 Å². The van der Waals surface area contributed by atoms with Crippen molar-refractivity contribution in [1.29, 1.82) is 0 Å². The van der Waals surface area contributed by atoms with Crippen LogP contribution < -0.4 is 14.8 Å². The number of benzene rings is 1. The molecule has 0 atom stereocenters. The van der Waals surface area contributed by atoms with Gasteiger partial charge in [-0.25, -0.2) is 13.1 Å². The van der Waals surface area contributed by atoms with E-state index in [9.17, 15) is 8.42 Å². The predicted molar refractivity (Wildman–Crippen MR) is 72.2 cm³/mol. The summed E-state index contributed by atoms with van der Waals surface area (Å²) in [7, 11) is -1.73. The van der Waals surface area contributed by atoms with Crippen LogP contribution in [0, 0.1) is 0 Å². The van der Waals surface area contributed by atoms with Crippen LogP contribution in [0.3, 0.4) is 0 Å². The van der Waals surface area contributed by atoms with Crippen LogP contribution in [-0.2, 0) is 15.8 Å². The zero-order valence-electron chi connectivity index (χ0n) is 10.8. The highest BCUT2D eigenvalue weighted by Crippen LogP contribution is 2.14. The summed E-state index contributed by atoms with van der Waals surface area (Å²) in [5.41, 5.74) is 0.713. The van der Waals surface area contributed by atoms with Crippen LogP contribution >= 0.6 is 0 Å². The molecule has 1 aromatic rings. The fraction of sp³-hybridized carbons (Fsp3) is 0.500. The Morgan fingerprint density at radius 3 is 2.72 bits per heavy atom. The summed E-state index contributed by atoms with van der Waals surface area (Å²) in [5, 5.41) is 3.06. The molecule has 0 radical (unpaired) electrons. The Balaban J connectivity index is 2.53. The second-order valence-electron chi connectivity index (χ2n) is 3.86. The van der Waals surface area contributed by atoms with E-state index < -0.39 is 10.0 Å². The summed E-state index contributed by atoms with van der Waals surface area (Å²) in [6, 6.07) is 7.06. The van der Waals surface area contributed by atoms with E-state index in [-0.39, 0.29) is 5.75 Å². The van der Waals surface area contributed by atoms with Crippen LogP contribution in [0.25, 0.3) is 0 Å². The highest BCUT2D eigenvalue weighted by atomic mass is 32.2. The van der Waals surface area contributed by atoms with Gasteiger partial charge in [0.05, 0.1) is 12.9 Å². The molecule has 0 amide bonds. The van der Waals surface area contributed by atoms with E-state index in [0.29, 0.717) is 24.4 Å². The van der Waals surface area contributed by atoms with Gasteiger partial charge >= 0.3 is 0 Å². The van der Waals surface area contributed by atoms with Gasteiger partial charge in [0.15, 0.2) is 0 Å². The summed E-state index contributed by atoms with van der Waals surface area (Å²) in [6.07, 6.45) is 0. The second-order valence-corrected chi connectivity index (χ2v) is 5.67. The number of hydrogen-bond donors (Lipinski definition) is 2. The SMILES string of the molecule is CCNCCNS(=O)(=O)Cc1cccc(OC)c1. The Morgan fingerprint density at radius 2 is 2.06 bits per heavy atom. The maximum absolute atomic E-state index is 11.8. The molecule has 0 unspecified atom stereocenters. The molecule has 0 saturated heterocycles. The van der Waals surface area contributed by atoms with Crippen molar-refractivity contribution in [2.75, 3.05) is 26.7 Å². The van der Waals surface area contributed by atoms with Gasteiger partial charge in [0.2, 0.25) is 10.0 Å². The minimum Gasteiger partial charge on any atom is -0.497 e. The van der Waals surface area contributed by atoms with Gasteiger partial charge in [-0.15, -0.1) is 0 Å². The third-order valence-electron chi connectivity index (χ3n) is 2.36. The van der Waals surface area contributed by atoms with Gasteiger partial charge in [-0.2, -0.15) is 0 Å². The molecule has 6 heteroatoms. The summed E-state index contributed by atoms with van der Waals surface area (Å²) in [4.78, 5) is 0. The molecule has 1 rings (SSSR count). The number of likely N-dealkylation sites (N-methyl/N-ethyl adjacent to an activating group) is 1. The Morgan fingerprint density at radius 1 is 1.28 bits per heavy atom. The van der Waals surface area contributed by atoms with Gasteiger partial charge in [0.1, 0.15) is 5.75 Å². The molecule has 0 fully saturated rings. The van der Waals surface area contributed by atoms with Crippen molar-refractivity contribution in [1.82, 2.24) is 10.0 Å². The molecule has 0 aromatic heterocycles. The summed E-state index contributed by atoms with van der Waals surface area (Å²) < 4.78 is 31.2. The number of sulfonamides is 1. The zero-order chi connectivity index (χ0) is 13.4. The van der Waals surface area contributed by atoms with Gasteiger partial charge < -0.3 is 10.1 Å². The molecule has 0 aliphatic carbocycles. The molecule has 18 heavy (non-hydrogen) atoms. The van der Waals surface area contributed by atoms with E-state index in [2.05, 4.69) is 10.0 Å². The molecule has 0 heterocycles. The summed E-state index contributed by atoms with van der Waals surface area (Å²) in [5.74, 6) is 0.631. The van der Waals surface area contributed by atoms with E-state index in [1.54, 1.807) is 31.4 Å². The van der Waals surface area contributed by atoms with Gasteiger partial charge in [-0.3, -0.25) is 0 Å². The molecule has 0 saturated carbocycles. The Labute approximate surface area is 109 Å². The average molecular weight is 272 g/mol. The number of ether oxygens (including phenoxy) is 1. The number of rotatable bonds is 8. The molecule has 2 N–H and O–H groups in total. The number of nitrogens with one attached hydrogen (secondary N) is 2. The largest absolute Gasteiger partial charge is 0.497 e. The lowest BCUT2D eigenvalue weighted by atomic mass is 10.2. The Hall–Kier alpha value is -1.11. The van der Waals surface area contributed by atoms with E-state index >= 15 is 0 Å². The molecule has 5 nitrogen and oxygen atoms in total. The van der Waals surface area contributed by atoms with E-state index in [1.807, 2.05) is 6.92 Å². The maximum Gasteiger partial charge on any atom is 0.215 e. The van der Waals surface area contributed by atoms with Crippen molar-refractivity contribution in [3.8, 4) is 5.75 Å². The highest BCUT2D eigenvalue weighted by Gasteiger charge is 2.10. The number of hydrogen-bond acceptors (Lipinski definition) is 4. The molecule has 0 aliphatic heterocycles. The first-order valence-corrected chi connectivity index (χ1v) is 7.53. The lowest BCUT2D eigenvalue weighted by Gasteiger charge is -2.08. The van der Waals surface area contributed by atoms with Crippen molar-refractivity contribution in [2.45, 2.75) is 12.7 Å². The van der Waals surface area contributed by atoms with Crippen molar-refractivity contribution in [2.24, 2.45) is 0 Å². The Kier molecular flexibility index (Phi) is 6.11. The topological polar surface area (TPSA) is 67.4 Å². The normalized spacial score (nSPS) is 11.4. The van der Waals surface area contributed by atoms with Crippen molar-refractivity contribution < 1.29 is 13.2 Å². The molecule has 1 aromatic carbocycles. The molecule has 0 aliphatic rings. The first-order valence-electron chi connectivity index (χ1n) is 5.88. The third-order valence-corrected chi connectivity index (χ3v) is 3.72. The molecule has 0 spiro atoms. The van der Waals surface area contributed by atoms with Crippen LogP contribution in [0.2, 0.25) is 0 Å². The monoisotopic (exact) mass is 272 g/mol. The molecule has 102 valence electrons. The maximum atomic E-state index is 11.8. The lowest BCUT2D eigenvalue weighted by molar-refractivity contribution is 0.414. The van der Waals surface area contributed by atoms with Gasteiger partial charge in [0.25, 0.3) is 0 Å². The van der Waals surface area contributed by atoms with Crippen LogP contribution in [0.5, 0.6) is 5.75 Å². The van der Waals surface area contributed by atoms with E-state index in [0.717, 1.165) is 6.54 Å². The summed E-state index contributed by atoms with van der Waals surface area (Å²) >= 11 is 0. The second kappa shape index (κ2) is 7.35. The van der Waals surface area contributed by atoms with Gasteiger partial charge in [0, 0.05) is 13.1 Å². The predicted octanol–water partition coefficient (Wildman–Crippen LogP) is 0.724. The molecule has 0 bridgehead atoms. The van der Waals surface area contributed by atoms with Gasteiger partial charge in [-0.1, -0.05) is 19.1 Å². The highest BCUT2D eigenvalue weighted by molar-refractivity contribution is 7.88. The van der Waals surface area contributed by atoms with Crippen molar-refractivity contribution in [3.63, 3.8) is 0 Å². The zero-order valence-corrected chi connectivity index (χ0v) is 11.6. The van der Waals surface area contributed by atoms with Crippen LogP contribution in [-0.4, -0.2) is 35.2 Å².